The smallest absolute Gasteiger partial charge is 0.270 e. The highest BCUT2D eigenvalue weighted by Gasteiger charge is 2.35. The molecule has 0 aliphatic carbocycles. The molecular weight excluding hydrogens is 351 g/mol. The number of anilines is 1. The van der Waals surface area contributed by atoms with E-state index in [1.54, 1.807) is 4.68 Å². The number of halogens is 3. The summed E-state index contributed by atoms with van der Waals surface area (Å²) in [7, 11) is 0. The predicted molar refractivity (Wildman–Crippen MR) is 85.5 cm³/mol. The molecule has 2 N–H and O–H groups in total. The van der Waals surface area contributed by atoms with Crippen LogP contribution in [-0.4, -0.2) is 28.9 Å². The molecule has 1 aromatic heterocycles. The van der Waals surface area contributed by atoms with Gasteiger partial charge in [0.15, 0.2) is 17.5 Å². The van der Waals surface area contributed by atoms with Gasteiger partial charge in [-0.3, -0.25) is 19.4 Å². The number of fused-ring (bicyclic) bond motifs is 1. The standard InChI is InChI=1S/C17H16F3N3O3/c18-11-5-8(6-12(19)15(11)20)10-7-13(24)21-16-14(10)17(25)22-23(16)9-1-3-26-4-2-9/h5-6,9-10H,1-4,7H2,(H,21,24)(H,22,25). The Morgan fingerprint density at radius 2 is 1.73 bits per heavy atom. The second kappa shape index (κ2) is 6.31. The molecule has 2 aromatic rings. The predicted octanol–water partition coefficient (Wildman–Crippen LogP) is 2.42. The highest BCUT2D eigenvalue weighted by atomic mass is 19.2. The molecule has 9 heteroatoms. The van der Waals surface area contributed by atoms with Crippen LogP contribution in [0.25, 0.3) is 0 Å². The number of ether oxygens (including phenoxy) is 1. The zero-order valence-electron chi connectivity index (χ0n) is 13.7. The molecule has 2 aliphatic heterocycles. The van der Waals surface area contributed by atoms with Gasteiger partial charge in [0.25, 0.3) is 5.56 Å². The molecule has 1 amide bonds. The van der Waals surface area contributed by atoms with Gasteiger partial charge in [-0.25, -0.2) is 13.2 Å². The molecule has 0 bridgehead atoms. The zero-order valence-corrected chi connectivity index (χ0v) is 13.7. The first-order chi connectivity index (χ1) is 12.5. The minimum absolute atomic E-state index is 0.0488. The third-order valence-electron chi connectivity index (χ3n) is 4.92. The van der Waals surface area contributed by atoms with Crippen molar-refractivity contribution in [2.75, 3.05) is 18.5 Å². The van der Waals surface area contributed by atoms with Crippen LogP contribution in [0.4, 0.5) is 19.0 Å². The number of benzene rings is 1. The van der Waals surface area contributed by atoms with E-state index in [1.807, 2.05) is 0 Å². The van der Waals surface area contributed by atoms with E-state index in [-0.39, 0.29) is 29.5 Å². The van der Waals surface area contributed by atoms with Gasteiger partial charge in [0.05, 0.1) is 11.6 Å². The van der Waals surface area contributed by atoms with Crippen molar-refractivity contribution in [3.05, 3.63) is 51.1 Å². The average Bonchev–Trinajstić information content (AvgIpc) is 2.96. The van der Waals surface area contributed by atoms with E-state index in [9.17, 15) is 22.8 Å². The number of hydrogen-bond acceptors (Lipinski definition) is 3. The Morgan fingerprint density at radius 3 is 2.38 bits per heavy atom. The summed E-state index contributed by atoms with van der Waals surface area (Å²) in [5.74, 6) is -5.22. The summed E-state index contributed by atoms with van der Waals surface area (Å²) in [4.78, 5) is 24.7. The van der Waals surface area contributed by atoms with Crippen LogP contribution in [0.3, 0.4) is 0 Å². The maximum Gasteiger partial charge on any atom is 0.270 e. The minimum atomic E-state index is -1.58. The highest BCUT2D eigenvalue weighted by Crippen LogP contribution is 2.37. The molecule has 1 aromatic carbocycles. The first-order valence-electron chi connectivity index (χ1n) is 8.32. The molecule has 138 valence electrons. The zero-order chi connectivity index (χ0) is 18.4. The van der Waals surface area contributed by atoms with Crippen LogP contribution in [0, 0.1) is 17.5 Å². The number of aromatic amines is 1. The summed E-state index contributed by atoms with van der Waals surface area (Å²) >= 11 is 0. The van der Waals surface area contributed by atoms with Crippen molar-refractivity contribution in [3.8, 4) is 0 Å². The van der Waals surface area contributed by atoms with Crippen molar-refractivity contribution in [1.29, 1.82) is 0 Å². The molecule has 26 heavy (non-hydrogen) atoms. The van der Waals surface area contributed by atoms with Crippen molar-refractivity contribution in [2.24, 2.45) is 0 Å². The second-order valence-electron chi connectivity index (χ2n) is 6.52. The Labute approximate surface area is 145 Å². The number of hydrogen-bond donors (Lipinski definition) is 2. The quantitative estimate of drug-likeness (QED) is 0.801. The number of carbonyl (C=O) groups excluding carboxylic acids is 1. The SMILES string of the molecule is O=C1CC(c2cc(F)c(F)c(F)c2)c2c(n(C3CCOCC3)[nH]c2=O)N1. The number of aromatic nitrogens is 2. The van der Waals surface area contributed by atoms with E-state index in [0.717, 1.165) is 12.1 Å². The van der Waals surface area contributed by atoms with Crippen LogP contribution in [-0.2, 0) is 9.53 Å². The Hall–Kier alpha value is -2.55. The summed E-state index contributed by atoms with van der Waals surface area (Å²) < 4.78 is 47.5. The maximum atomic E-state index is 13.6. The summed E-state index contributed by atoms with van der Waals surface area (Å²) in [6.07, 6.45) is 1.17. The van der Waals surface area contributed by atoms with Gasteiger partial charge in [0.2, 0.25) is 5.91 Å². The third-order valence-corrected chi connectivity index (χ3v) is 4.92. The lowest BCUT2D eigenvalue weighted by Gasteiger charge is -2.28. The fraction of sp³-hybridized carbons (Fsp3) is 0.412. The maximum absolute atomic E-state index is 13.6. The number of H-pyrrole nitrogens is 1. The lowest BCUT2D eigenvalue weighted by atomic mass is 9.87. The van der Waals surface area contributed by atoms with Gasteiger partial charge in [-0.1, -0.05) is 0 Å². The van der Waals surface area contributed by atoms with Gasteiger partial charge in [-0.05, 0) is 30.5 Å². The van der Waals surface area contributed by atoms with E-state index in [0.29, 0.717) is 31.9 Å². The Balaban J connectivity index is 1.82. The monoisotopic (exact) mass is 367 g/mol. The molecule has 1 saturated heterocycles. The molecule has 0 spiro atoms. The largest absolute Gasteiger partial charge is 0.381 e. The fourth-order valence-electron chi connectivity index (χ4n) is 3.66. The van der Waals surface area contributed by atoms with E-state index >= 15 is 0 Å². The van der Waals surface area contributed by atoms with Gasteiger partial charge in [0.1, 0.15) is 5.82 Å². The molecule has 1 atom stereocenters. The number of carbonyl (C=O) groups is 1. The van der Waals surface area contributed by atoms with Crippen LogP contribution in [0.2, 0.25) is 0 Å². The van der Waals surface area contributed by atoms with Crippen LogP contribution in [0.1, 0.15) is 42.3 Å². The minimum Gasteiger partial charge on any atom is -0.381 e. The summed E-state index contributed by atoms with van der Waals surface area (Å²) in [6, 6.07) is 1.61. The third kappa shape index (κ3) is 2.72. The lowest BCUT2D eigenvalue weighted by molar-refractivity contribution is -0.116. The Bertz CT molecular complexity index is 908. The van der Waals surface area contributed by atoms with Gasteiger partial charge >= 0.3 is 0 Å². The molecule has 1 fully saturated rings. The Morgan fingerprint density at radius 1 is 1.08 bits per heavy atom. The lowest BCUT2D eigenvalue weighted by Crippen LogP contribution is -2.28. The van der Waals surface area contributed by atoms with Crippen molar-refractivity contribution in [2.45, 2.75) is 31.2 Å². The summed E-state index contributed by atoms with van der Waals surface area (Å²) in [6.45, 7) is 1.07. The number of amides is 1. The van der Waals surface area contributed by atoms with Crippen LogP contribution in [0.15, 0.2) is 16.9 Å². The summed E-state index contributed by atoms with van der Waals surface area (Å²) in [5.41, 5.74) is -0.170. The van der Waals surface area contributed by atoms with Gasteiger partial charge < -0.3 is 10.1 Å². The highest BCUT2D eigenvalue weighted by molar-refractivity contribution is 5.94. The molecule has 4 rings (SSSR count). The topological polar surface area (TPSA) is 76.1 Å². The molecule has 0 radical (unpaired) electrons. The van der Waals surface area contributed by atoms with Crippen LogP contribution < -0.4 is 10.9 Å². The van der Waals surface area contributed by atoms with Crippen molar-refractivity contribution in [1.82, 2.24) is 9.78 Å². The fourth-order valence-corrected chi connectivity index (χ4v) is 3.66. The van der Waals surface area contributed by atoms with E-state index in [1.165, 1.54) is 0 Å². The average molecular weight is 367 g/mol. The normalized spacial score (nSPS) is 20.7. The van der Waals surface area contributed by atoms with Crippen LogP contribution >= 0.6 is 0 Å². The molecule has 3 heterocycles. The Kier molecular flexibility index (Phi) is 4.10. The molecule has 1 unspecified atom stereocenters. The number of nitrogens with one attached hydrogen (secondary N) is 2. The van der Waals surface area contributed by atoms with Crippen LogP contribution in [0.5, 0.6) is 0 Å². The molecular formula is C17H16F3N3O3. The number of rotatable bonds is 2. The van der Waals surface area contributed by atoms with E-state index < -0.39 is 28.9 Å². The van der Waals surface area contributed by atoms with Crippen molar-refractivity contribution >= 4 is 11.7 Å². The van der Waals surface area contributed by atoms with Crippen molar-refractivity contribution in [3.63, 3.8) is 0 Å². The second-order valence-corrected chi connectivity index (χ2v) is 6.52. The first-order valence-corrected chi connectivity index (χ1v) is 8.32. The van der Waals surface area contributed by atoms with Crippen molar-refractivity contribution < 1.29 is 22.7 Å². The van der Waals surface area contributed by atoms with Gasteiger partial charge in [0, 0.05) is 25.6 Å². The first kappa shape index (κ1) is 16.9. The number of nitrogens with zero attached hydrogens (tertiary/aromatic N) is 1. The van der Waals surface area contributed by atoms with E-state index in [2.05, 4.69) is 10.4 Å². The summed E-state index contributed by atoms with van der Waals surface area (Å²) in [5, 5.41) is 5.39. The van der Waals surface area contributed by atoms with Gasteiger partial charge in [-0.15, -0.1) is 0 Å². The van der Waals surface area contributed by atoms with Gasteiger partial charge in [-0.2, -0.15) is 0 Å². The molecule has 6 nitrogen and oxygen atoms in total. The molecule has 0 saturated carbocycles. The van der Waals surface area contributed by atoms with E-state index in [4.69, 9.17) is 4.74 Å². The molecule has 2 aliphatic rings.